The maximum atomic E-state index is 11.3. The Morgan fingerprint density at radius 2 is 1.79 bits per heavy atom. The molecule has 0 saturated heterocycles. The number of carbonyl (C=O) groups excluding carboxylic acids is 2. The Bertz CT molecular complexity index is 193. The molecule has 0 heterocycles. The summed E-state index contributed by atoms with van der Waals surface area (Å²) in [4.78, 5) is 22.3. The Morgan fingerprint density at radius 1 is 1.21 bits per heavy atom. The summed E-state index contributed by atoms with van der Waals surface area (Å²) in [5, 5.41) is 0.407. The van der Waals surface area contributed by atoms with Crippen LogP contribution in [-0.2, 0) is 19.1 Å². The molecule has 0 aromatic carbocycles. The van der Waals surface area contributed by atoms with Crippen LogP contribution < -0.4 is 0 Å². The third-order valence-corrected chi connectivity index (χ3v) is 2.31. The lowest BCUT2D eigenvalue weighted by Crippen LogP contribution is -2.23. The smallest absolute Gasteiger partial charge is 0.310 e. The third kappa shape index (κ3) is 5.21. The molecule has 0 amide bonds. The van der Waals surface area contributed by atoms with E-state index in [-0.39, 0.29) is 18.4 Å². The van der Waals surface area contributed by atoms with Gasteiger partial charge in [0.2, 0.25) is 0 Å². The average Bonchev–Trinajstić information content (AvgIpc) is 2.15. The number of halogens is 1. The van der Waals surface area contributed by atoms with Crippen LogP contribution in [0.2, 0.25) is 0 Å². The highest BCUT2D eigenvalue weighted by Crippen LogP contribution is 2.10. The summed E-state index contributed by atoms with van der Waals surface area (Å²) in [5.74, 6) is -1.18. The quantitative estimate of drug-likeness (QED) is 0.540. The predicted octanol–water partition coefficient (Wildman–Crippen LogP) is 1.51. The molecular formula is C9H15BrO4. The monoisotopic (exact) mass is 266 g/mol. The Morgan fingerprint density at radius 3 is 2.21 bits per heavy atom. The van der Waals surface area contributed by atoms with Gasteiger partial charge in [0.05, 0.1) is 25.6 Å². The summed E-state index contributed by atoms with van der Waals surface area (Å²) in [6.07, 6.45) is 0.0674. The molecule has 0 bridgehead atoms. The minimum absolute atomic E-state index is 0.0674. The van der Waals surface area contributed by atoms with Crippen LogP contribution in [-0.4, -0.2) is 30.5 Å². The fraction of sp³-hybridized carbons (Fsp3) is 0.778. The molecule has 0 rings (SSSR count). The van der Waals surface area contributed by atoms with Crippen molar-refractivity contribution in [3.63, 3.8) is 0 Å². The van der Waals surface area contributed by atoms with Crippen LogP contribution in [0.25, 0.3) is 0 Å². The predicted molar refractivity (Wildman–Crippen MR) is 55.2 cm³/mol. The fourth-order valence-corrected chi connectivity index (χ4v) is 1.38. The number of carbonyl (C=O) groups is 2. The molecule has 1 unspecified atom stereocenters. The molecule has 82 valence electrons. The van der Waals surface area contributed by atoms with Gasteiger partial charge in [0.15, 0.2) is 0 Å². The van der Waals surface area contributed by atoms with Gasteiger partial charge in [-0.1, -0.05) is 15.9 Å². The van der Waals surface area contributed by atoms with Gasteiger partial charge in [-0.25, -0.2) is 0 Å². The van der Waals surface area contributed by atoms with Crippen molar-refractivity contribution in [2.45, 2.75) is 20.3 Å². The lowest BCUT2D eigenvalue weighted by molar-refractivity contribution is -0.153. The van der Waals surface area contributed by atoms with E-state index in [0.717, 1.165) is 0 Å². The second kappa shape index (κ2) is 7.79. The largest absolute Gasteiger partial charge is 0.466 e. The van der Waals surface area contributed by atoms with Gasteiger partial charge in [0.25, 0.3) is 0 Å². The number of hydrogen-bond donors (Lipinski definition) is 0. The molecule has 4 nitrogen and oxygen atoms in total. The van der Waals surface area contributed by atoms with Gasteiger partial charge in [-0.3, -0.25) is 9.59 Å². The van der Waals surface area contributed by atoms with Crippen LogP contribution in [0.4, 0.5) is 0 Å². The molecule has 0 aliphatic rings. The lowest BCUT2D eigenvalue weighted by Gasteiger charge is -2.11. The van der Waals surface area contributed by atoms with E-state index >= 15 is 0 Å². The molecule has 0 aromatic rings. The first-order valence-electron chi connectivity index (χ1n) is 4.53. The second-order valence-electron chi connectivity index (χ2n) is 2.61. The standard InChI is InChI=1S/C9H15BrO4/c1-3-13-8(11)5-7(6-10)9(12)14-4-2/h7H,3-6H2,1-2H3. The highest BCUT2D eigenvalue weighted by molar-refractivity contribution is 9.09. The number of rotatable bonds is 6. The van der Waals surface area contributed by atoms with Gasteiger partial charge in [-0.15, -0.1) is 0 Å². The van der Waals surface area contributed by atoms with Gasteiger partial charge < -0.3 is 9.47 Å². The van der Waals surface area contributed by atoms with Crippen molar-refractivity contribution in [2.75, 3.05) is 18.5 Å². The average molecular weight is 267 g/mol. The summed E-state index contributed by atoms with van der Waals surface area (Å²) in [6.45, 7) is 4.11. The number of esters is 2. The molecule has 0 aromatic heterocycles. The molecule has 0 saturated carbocycles. The summed E-state index contributed by atoms with van der Waals surface area (Å²) >= 11 is 3.16. The zero-order valence-electron chi connectivity index (χ0n) is 8.42. The first-order valence-corrected chi connectivity index (χ1v) is 5.66. The topological polar surface area (TPSA) is 52.6 Å². The van der Waals surface area contributed by atoms with E-state index in [4.69, 9.17) is 9.47 Å². The first kappa shape index (κ1) is 13.4. The SMILES string of the molecule is CCOC(=O)CC(CBr)C(=O)OCC. The fourth-order valence-electron chi connectivity index (χ4n) is 0.882. The van der Waals surface area contributed by atoms with E-state index in [9.17, 15) is 9.59 Å². The molecule has 0 N–H and O–H groups in total. The first-order chi connectivity index (χ1) is 6.65. The summed E-state index contributed by atoms with van der Waals surface area (Å²) in [6, 6.07) is 0. The number of hydrogen-bond acceptors (Lipinski definition) is 4. The lowest BCUT2D eigenvalue weighted by atomic mass is 10.1. The second-order valence-corrected chi connectivity index (χ2v) is 3.26. The van der Waals surface area contributed by atoms with E-state index in [2.05, 4.69) is 15.9 Å². The molecule has 0 aliphatic heterocycles. The van der Waals surface area contributed by atoms with Crippen molar-refractivity contribution in [1.82, 2.24) is 0 Å². The molecule has 1 atom stereocenters. The highest BCUT2D eigenvalue weighted by atomic mass is 79.9. The molecular weight excluding hydrogens is 252 g/mol. The Hall–Kier alpha value is -0.580. The van der Waals surface area contributed by atoms with Gasteiger partial charge in [0.1, 0.15) is 0 Å². The van der Waals surface area contributed by atoms with Crippen molar-refractivity contribution in [3.05, 3.63) is 0 Å². The summed E-state index contributed by atoms with van der Waals surface area (Å²) in [5.41, 5.74) is 0. The number of alkyl halides is 1. The Kier molecular flexibility index (Phi) is 7.47. The van der Waals surface area contributed by atoms with E-state index < -0.39 is 5.92 Å². The van der Waals surface area contributed by atoms with E-state index in [0.29, 0.717) is 18.5 Å². The van der Waals surface area contributed by atoms with Crippen LogP contribution >= 0.6 is 15.9 Å². The van der Waals surface area contributed by atoms with E-state index in [1.807, 2.05) is 0 Å². The van der Waals surface area contributed by atoms with Crippen LogP contribution in [0.3, 0.4) is 0 Å². The van der Waals surface area contributed by atoms with Crippen LogP contribution in [0.5, 0.6) is 0 Å². The normalized spacial score (nSPS) is 11.9. The Labute approximate surface area is 92.1 Å². The van der Waals surface area contributed by atoms with Crippen molar-refractivity contribution in [1.29, 1.82) is 0 Å². The highest BCUT2D eigenvalue weighted by Gasteiger charge is 2.22. The maximum absolute atomic E-state index is 11.3. The van der Waals surface area contributed by atoms with Crippen molar-refractivity contribution >= 4 is 27.9 Å². The van der Waals surface area contributed by atoms with Crippen molar-refractivity contribution < 1.29 is 19.1 Å². The van der Waals surface area contributed by atoms with Gasteiger partial charge in [-0.2, -0.15) is 0 Å². The molecule has 0 radical (unpaired) electrons. The minimum Gasteiger partial charge on any atom is -0.466 e. The summed E-state index contributed by atoms with van der Waals surface area (Å²) in [7, 11) is 0. The third-order valence-electron chi connectivity index (χ3n) is 1.52. The number of ether oxygens (including phenoxy) is 2. The zero-order chi connectivity index (χ0) is 11.0. The van der Waals surface area contributed by atoms with E-state index in [1.165, 1.54) is 0 Å². The minimum atomic E-state index is -0.450. The molecule has 0 aliphatic carbocycles. The van der Waals surface area contributed by atoms with Gasteiger partial charge in [-0.05, 0) is 13.8 Å². The van der Waals surface area contributed by atoms with Gasteiger partial charge >= 0.3 is 11.9 Å². The zero-order valence-corrected chi connectivity index (χ0v) is 10.0. The van der Waals surface area contributed by atoms with Crippen LogP contribution in [0.1, 0.15) is 20.3 Å². The molecule has 0 fully saturated rings. The maximum Gasteiger partial charge on any atom is 0.310 e. The Balaban J connectivity index is 4.01. The van der Waals surface area contributed by atoms with E-state index in [1.54, 1.807) is 13.8 Å². The molecule has 0 spiro atoms. The van der Waals surface area contributed by atoms with Crippen LogP contribution in [0.15, 0.2) is 0 Å². The van der Waals surface area contributed by atoms with Gasteiger partial charge in [0, 0.05) is 5.33 Å². The summed E-state index contributed by atoms with van der Waals surface area (Å²) < 4.78 is 9.53. The van der Waals surface area contributed by atoms with Crippen molar-refractivity contribution in [2.24, 2.45) is 5.92 Å². The molecule has 14 heavy (non-hydrogen) atoms. The molecule has 5 heteroatoms. The van der Waals surface area contributed by atoms with Crippen molar-refractivity contribution in [3.8, 4) is 0 Å². The van der Waals surface area contributed by atoms with Crippen LogP contribution in [0, 0.1) is 5.92 Å².